The number of ether oxygens (including phenoxy) is 2. The molecule has 0 aliphatic carbocycles. The molecule has 0 aromatic heterocycles. The summed E-state index contributed by atoms with van der Waals surface area (Å²) in [7, 11) is 0. The van der Waals surface area contributed by atoms with Gasteiger partial charge in [0, 0.05) is 38.8 Å². The highest BCUT2D eigenvalue weighted by molar-refractivity contribution is 4.78. The highest BCUT2D eigenvalue weighted by Crippen LogP contribution is 2.14. The number of nitrogens with one attached hydrogen (secondary N) is 1. The van der Waals surface area contributed by atoms with Crippen molar-refractivity contribution in [2.45, 2.75) is 38.8 Å². The Balaban J connectivity index is 1.61. The van der Waals surface area contributed by atoms with Crippen LogP contribution in [-0.4, -0.2) is 63.0 Å². The second-order valence-corrected chi connectivity index (χ2v) is 5.63. The van der Waals surface area contributed by atoms with Crippen LogP contribution >= 0.6 is 0 Å². The van der Waals surface area contributed by atoms with Crippen molar-refractivity contribution in [3.05, 3.63) is 0 Å². The molecule has 0 saturated carbocycles. The van der Waals surface area contributed by atoms with Crippen molar-refractivity contribution in [3.63, 3.8) is 0 Å². The van der Waals surface area contributed by atoms with E-state index in [1.165, 1.54) is 12.8 Å². The lowest BCUT2D eigenvalue weighted by molar-refractivity contribution is -0.0551. The molecule has 2 heterocycles. The summed E-state index contributed by atoms with van der Waals surface area (Å²) in [5.74, 6) is 0.732. The molecule has 18 heavy (non-hydrogen) atoms. The third-order valence-electron chi connectivity index (χ3n) is 4.09. The molecular formula is C14H28N2O2. The summed E-state index contributed by atoms with van der Waals surface area (Å²) in [5, 5.41) is 3.57. The van der Waals surface area contributed by atoms with E-state index in [0.29, 0.717) is 12.1 Å². The van der Waals surface area contributed by atoms with Gasteiger partial charge in [0.1, 0.15) is 0 Å². The zero-order chi connectivity index (χ0) is 12.8. The van der Waals surface area contributed by atoms with Crippen molar-refractivity contribution in [2.75, 3.05) is 46.0 Å². The number of hydrogen-bond donors (Lipinski definition) is 1. The molecule has 2 aliphatic rings. The first-order valence-corrected chi connectivity index (χ1v) is 7.43. The van der Waals surface area contributed by atoms with Gasteiger partial charge >= 0.3 is 0 Å². The van der Waals surface area contributed by atoms with E-state index in [2.05, 4.69) is 24.1 Å². The van der Waals surface area contributed by atoms with Gasteiger partial charge in [-0.15, -0.1) is 0 Å². The maximum atomic E-state index is 5.72. The van der Waals surface area contributed by atoms with E-state index in [4.69, 9.17) is 9.47 Å². The molecule has 2 fully saturated rings. The van der Waals surface area contributed by atoms with Crippen molar-refractivity contribution in [2.24, 2.45) is 5.92 Å². The maximum absolute atomic E-state index is 5.72. The fourth-order valence-electron chi connectivity index (χ4n) is 2.84. The highest BCUT2D eigenvalue weighted by atomic mass is 16.5. The minimum absolute atomic E-state index is 0.385. The first-order chi connectivity index (χ1) is 8.79. The second-order valence-electron chi connectivity index (χ2n) is 5.63. The zero-order valence-electron chi connectivity index (χ0n) is 11.9. The van der Waals surface area contributed by atoms with Gasteiger partial charge in [0.25, 0.3) is 0 Å². The van der Waals surface area contributed by atoms with E-state index < -0.39 is 0 Å². The average Bonchev–Trinajstić information content (AvgIpc) is 2.88. The number of rotatable bonds is 6. The van der Waals surface area contributed by atoms with E-state index in [1.54, 1.807) is 0 Å². The van der Waals surface area contributed by atoms with E-state index in [-0.39, 0.29) is 0 Å². The Kier molecular flexibility index (Phi) is 5.89. The summed E-state index contributed by atoms with van der Waals surface area (Å²) in [6.45, 7) is 11.6. The van der Waals surface area contributed by atoms with Crippen molar-refractivity contribution in [1.29, 1.82) is 0 Å². The zero-order valence-corrected chi connectivity index (χ0v) is 11.9. The van der Waals surface area contributed by atoms with Gasteiger partial charge in [-0.1, -0.05) is 6.92 Å². The molecule has 0 aromatic carbocycles. The van der Waals surface area contributed by atoms with Gasteiger partial charge in [0.15, 0.2) is 0 Å². The van der Waals surface area contributed by atoms with Crippen molar-refractivity contribution in [1.82, 2.24) is 10.2 Å². The van der Waals surface area contributed by atoms with E-state index in [1.807, 2.05) is 0 Å². The summed E-state index contributed by atoms with van der Waals surface area (Å²) in [6.07, 6.45) is 2.79. The molecule has 3 unspecified atom stereocenters. The van der Waals surface area contributed by atoms with Crippen LogP contribution in [0.3, 0.4) is 0 Å². The molecule has 0 amide bonds. The average molecular weight is 256 g/mol. The molecule has 2 rings (SSSR count). The Morgan fingerprint density at radius 1 is 1.33 bits per heavy atom. The molecule has 1 N–H and O–H groups in total. The minimum atomic E-state index is 0.385. The maximum Gasteiger partial charge on any atom is 0.0674 e. The fraction of sp³-hybridized carbons (Fsp3) is 1.00. The van der Waals surface area contributed by atoms with Gasteiger partial charge in [0.05, 0.1) is 19.3 Å². The third-order valence-corrected chi connectivity index (χ3v) is 4.09. The molecule has 3 atom stereocenters. The van der Waals surface area contributed by atoms with Crippen LogP contribution in [-0.2, 0) is 9.47 Å². The predicted octanol–water partition coefficient (Wildman–Crippen LogP) is 1.11. The van der Waals surface area contributed by atoms with Crippen molar-refractivity contribution in [3.8, 4) is 0 Å². The summed E-state index contributed by atoms with van der Waals surface area (Å²) in [6, 6.07) is 0.609. The first-order valence-electron chi connectivity index (χ1n) is 7.43. The SMILES string of the molecule is CCC1COC(C)CN1CCNCC1CCOC1. The lowest BCUT2D eigenvalue weighted by atomic mass is 10.1. The lowest BCUT2D eigenvalue weighted by Gasteiger charge is -2.38. The Bertz CT molecular complexity index is 232. The van der Waals surface area contributed by atoms with Crippen molar-refractivity contribution >= 4 is 0 Å². The smallest absolute Gasteiger partial charge is 0.0674 e. The monoisotopic (exact) mass is 256 g/mol. The summed E-state index contributed by atoms with van der Waals surface area (Å²) in [4.78, 5) is 2.58. The molecular weight excluding hydrogens is 228 g/mol. The predicted molar refractivity (Wildman–Crippen MR) is 72.9 cm³/mol. The van der Waals surface area contributed by atoms with Crippen molar-refractivity contribution < 1.29 is 9.47 Å². The molecule has 4 heteroatoms. The summed E-state index contributed by atoms with van der Waals surface area (Å²) < 4.78 is 11.1. The number of nitrogens with zero attached hydrogens (tertiary/aromatic N) is 1. The van der Waals surface area contributed by atoms with E-state index >= 15 is 0 Å². The number of hydrogen-bond acceptors (Lipinski definition) is 4. The van der Waals surface area contributed by atoms with E-state index in [0.717, 1.165) is 51.9 Å². The molecule has 0 radical (unpaired) electrons. The van der Waals surface area contributed by atoms with Crippen LogP contribution in [0.25, 0.3) is 0 Å². The van der Waals surface area contributed by atoms with Gasteiger partial charge in [0.2, 0.25) is 0 Å². The number of morpholine rings is 1. The summed E-state index contributed by atoms with van der Waals surface area (Å²) in [5.41, 5.74) is 0. The largest absolute Gasteiger partial charge is 0.381 e. The van der Waals surface area contributed by atoms with Gasteiger partial charge in [-0.05, 0) is 25.7 Å². The Hall–Kier alpha value is -0.160. The molecule has 4 nitrogen and oxygen atoms in total. The van der Waals surface area contributed by atoms with Gasteiger partial charge in [-0.25, -0.2) is 0 Å². The molecule has 106 valence electrons. The quantitative estimate of drug-likeness (QED) is 0.722. The first kappa shape index (κ1) is 14.3. The minimum Gasteiger partial charge on any atom is -0.381 e. The van der Waals surface area contributed by atoms with Crippen LogP contribution in [0.1, 0.15) is 26.7 Å². The Labute approximate surface area is 111 Å². The van der Waals surface area contributed by atoms with Gasteiger partial charge in [-0.3, -0.25) is 4.90 Å². The van der Waals surface area contributed by atoms with Gasteiger partial charge in [-0.2, -0.15) is 0 Å². The van der Waals surface area contributed by atoms with E-state index in [9.17, 15) is 0 Å². The van der Waals surface area contributed by atoms with Crippen LogP contribution in [0.5, 0.6) is 0 Å². The van der Waals surface area contributed by atoms with Crippen LogP contribution in [0.2, 0.25) is 0 Å². The molecule has 0 aromatic rings. The van der Waals surface area contributed by atoms with Crippen LogP contribution in [0.15, 0.2) is 0 Å². The van der Waals surface area contributed by atoms with Crippen LogP contribution in [0.4, 0.5) is 0 Å². The summed E-state index contributed by atoms with van der Waals surface area (Å²) >= 11 is 0. The standard InChI is InChI=1S/C14H28N2O2/c1-3-14-11-18-12(2)9-16(14)6-5-15-8-13-4-7-17-10-13/h12-15H,3-11H2,1-2H3. The van der Waals surface area contributed by atoms with Crippen LogP contribution in [0, 0.1) is 5.92 Å². The molecule has 0 bridgehead atoms. The second kappa shape index (κ2) is 7.43. The van der Waals surface area contributed by atoms with Gasteiger partial charge < -0.3 is 14.8 Å². The Morgan fingerprint density at radius 2 is 2.22 bits per heavy atom. The molecule has 0 spiro atoms. The molecule has 2 saturated heterocycles. The molecule has 2 aliphatic heterocycles. The van der Waals surface area contributed by atoms with Crippen LogP contribution < -0.4 is 5.32 Å². The Morgan fingerprint density at radius 3 is 2.94 bits per heavy atom. The lowest BCUT2D eigenvalue weighted by Crippen LogP contribution is -2.50. The normalized spacial score (nSPS) is 34.0. The third kappa shape index (κ3) is 4.19. The topological polar surface area (TPSA) is 33.7 Å². The highest BCUT2D eigenvalue weighted by Gasteiger charge is 2.24. The fourth-order valence-corrected chi connectivity index (χ4v) is 2.84.